The summed E-state index contributed by atoms with van der Waals surface area (Å²) in [4.78, 5) is 16.1. The van der Waals surface area contributed by atoms with Gasteiger partial charge in [0.1, 0.15) is 6.61 Å². The van der Waals surface area contributed by atoms with Crippen LogP contribution >= 0.6 is 11.3 Å². The second-order valence-corrected chi connectivity index (χ2v) is 3.29. The molecule has 3 nitrogen and oxygen atoms in total. The number of carbonyl (C=O) groups excluding carboxylic acids is 1. The minimum Gasteiger partial charge on any atom is -0.473 e. The van der Waals surface area contributed by atoms with Crippen LogP contribution in [0.4, 0.5) is 0 Å². The molecule has 2 rings (SSSR count). The molecule has 0 N–H and O–H groups in total. The molecule has 2 heterocycles. The van der Waals surface area contributed by atoms with Gasteiger partial charge in [-0.15, -0.1) is 11.3 Å². The van der Waals surface area contributed by atoms with Gasteiger partial charge in [-0.3, -0.25) is 4.79 Å². The maximum absolute atomic E-state index is 11.5. The van der Waals surface area contributed by atoms with E-state index in [9.17, 15) is 4.79 Å². The number of rotatable bonds is 2. The van der Waals surface area contributed by atoms with Gasteiger partial charge in [-0.25, -0.2) is 4.99 Å². The van der Waals surface area contributed by atoms with E-state index in [4.69, 9.17) is 4.74 Å². The molecule has 0 unspecified atom stereocenters. The first-order valence-electron chi connectivity index (χ1n) is 3.63. The van der Waals surface area contributed by atoms with Gasteiger partial charge < -0.3 is 4.74 Å². The molecule has 0 saturated carbocycles. The fourth-order valence-corrected chi connectivity index (χ4v) is 1.64. The summed E-state index contributed by atoms with van der Waals surface area (Å²) in [5.74, 6) is 0.167. The molecule has 1 aromatic heterocycles. The molecule has 1 aliphatic heterocycles. The molecule has 0 radical (unpaired) electrons. The topological polar surface area (TPSA) is 38.7 Å². The van der Waals surface area contributed by atoms with Crippen LogP contribution in [0.15, 0.2) is 22.5 Å². The number of nitrogens with zero attached hydrogens (tertiary/aromatic N) is 1. The first-order valence-corrected chi connectivity index (χ1v) is 4.51. The number of thiophene rings is 1. The smallest absolute Gasteiger partial charge is 0.259 e. The molecule has 0 atom stereocenters. The van der Waals surface area contributed by atoms with Gasteiger partial charge in [0.05, 0.1) is 11.4 Å². The fourth-order valence-electron chi connectivity index (χ4n) is 0.986. The summed E-state index contributed by atoms with van der Waals surface area (Å²) in [5, 5.41) is 1.86. The van der Waals surface area contributed by atoms with E-state index in [0.717, 1.165) is 0 Å². The number of hydrogen-bond acceptors (Lipinski definition) is 4. The first kappa shape index (κ1) is 7.49. The molecule has 0 fully saturated rings. The predicted molar refractivity (Wildman–Crippen MR) is 46.9 cm³/mol. The first-order chi connectivity index (χ1) is 5.88. The van der Waals surface area contributed by atoms with E-state index in [1.165, 1.54) is 11.3 Å². The number of Topliss-reactive ketones (excluding diaryl/α,β-unsaturated/α-hetero) is 1. The lowest BCUT2D eigenvalue weighted by molar-refractivity contribution is 0.104. The van der Waals surface area contributed by atoms with Crippen molar-refractivity contribution < 1.29 is 9.53 Å². The maximum atomic E-state index is 11.5. The molecule has 0 aromatic carbocycles. The maximum Gasteiger partial charge on any atom is 0.259 e. The van der Waals surface area contributed by atoms with E-state index in [2.05, 4.69) is 4.99 Å². The van der Waals surface area contributed by atoms with Gasteiger partial charge in [-0.05, 0) is 11.4 Å². The van der Waals surface area contributed by atoms with Crippen molar-refractivity contribution in [3.05, 3.63) is 22.4 Å². The molecule has 1 aromatic rings. The molecule has 0 saturated heterocycles. The lowest BCUT2D eigenvalue weighted by Gasteiger charge is -1.96. The Bertz CT molecular complexity index is 316. The third-order valence-corrected chi connectivity index (χ3v) is 2.39. The van der Waals surface area contributed by atoms with Crippen molar-refractivity contribution in [2.75, 3.05) is 13.2 Å². The Labute approximate surface area is 73.7 Å². The highest BCUT2D eigenvalue weighted by Gasteiger charge is 2.19. The highest BCUT2D eigenvalue weighted by atomic mass is 32.1. The van der Waals surface area contributed by atoms with Crippen molar-refractivity contribution >= 4 is 23.0 Å². The Morgan fingerprint density at radius 2 is 2.58 bits per heavy atom. The summed E-state index contributed by atoms with van der Waals surface area (Å²) < 4.78 is 5.05. The van der Waals surface area contributed by atoms with Crippen LogP contribution in [0.1, 0.15) is 9.67 Å². The van der Waals surface area contributed by atoms with Gasteiger partial charge in [0, 0.05) is 0 Å². The molecule has 62 valence electrons. The van der Waals surface area contributed by atoms with Gasteiger partial charge in [0.2, 0.25) is 0 Å². The highest BCUT2D eigenvalue weighted by Crippen LogP contribution is 2.11. The third-order valence-electron chi connectivity index (χ3n) is 1.52. The highest BCUT2D eigenvalue weighted by molar-refractivity contribution is 7.13. The Balaban J connectivity index is 2.20. The van der Waals surface area contributed by atoms with Gasteiger partial charge in [-0.2, -0.15) is 0 Å². The van der Waals surface area contributed by atoms with Crippen molar-refractivity contribution in [3.8, 4) is 0 Å². The second-order valence-electron chi connectivity index (χ2n) is 2.34. The van der Waals surface area contributed by atoms with E-state index in [0.29, 0.717) is 18.0 Å². The minimum atomic E-state index is -0.0949. The molecule has 0 amide bonds. The predicted octanol–water partition coefficient (Wildman–Crippen LogP) is 1.36. The third kappa shape index (κ3) is 1.25. The summed E-state index contributed by atoms with van der Waals surface area (Å²) in [7, 11) is 0. The zero-order valence-corrected chi connectivity index (χ0v) is 7.13. The molecular weight excluding hydrogens is 174 g/mol. The zero-order chi connectivity index (χ0) is 8.39. The number of ketones is 1. The van der Waals surface area contributed by atoms with Crippen LogP contribution in [0.5, 0.6) is 0 Å². The minimum absolute atomic E-state index is 0.0949. The summed E-state index contributed by atoms with van der Waals surface area (Å²) >= 11 is 1.41. The number of aliphatic imine (C=N–C) groups is 1. The largest absolute Gasteiger partial charge is 0.473 e. The molecule has 0 aliphatic carbocycles. The van der Waals surface area contributed by atoms with Crippen molar-refractivity contribution in [1.29, 1.82) is 0 Å². The van der Waals surface area contributed by atoms with Crippen LogP contribution in [0.3, 0.4) is 0 Å². The van der Waals surface area contributed by atoms with E-state index < -0.39 is 0 Å². The SMILES string of the molecule is O=C(C1=NCCO1)c1cccs1. The molecule has 12 heavy (non-hydrogen) atoms. The van der Waals surface area contributed by atoms with Gasteiger partial charge in [-0.1, -0.05) is 6.07 Å². The Morgan fingerprint density at radius 1 is 1.67 bits per heavy atom. The average Bonchev–Trinajstić information content (AvgIpc) is 2.77. The Hall–Kier alpha value is -1.16. The van der Waals surface area contributed by atoms with Crippen molar-refractivity contribution in [2.45, 2.75) is 0 Å². The standard InChI is InChI=1S/C8H7NO2S/c10-7(6-2-1-5-12-6)8-9-3-4-11-8/h1-2,5H,3-4H2. The Morgan fingerprint density at radius 3 is 3.17 bits per heavy atom. The van der Waals surface area contributed by atoms with Crippen molar-refractivity contribution in [3.63, 3.8) is 0 Å². The van der Waals surface area contributed by atoms with E-state index >= 15 is 0 Å². The molecule has 4 heteroatoms. The van der Waals surface area contributed by atoms with E-state index in [1.54, 1.807) is 6.07 Å². The van der Waals surface area contributed by atoms with Gasteiger partial charge in [0.25, 0.3) is 11.7 Å². The van der Waals surface area contributed by atoms with Gasteiger partial charge in [0.15, 0.2) is 0 Å². The lowest BCUT2D eigenvalue weighted by Crippen LogP contribution is -2.12. The van der Waals surface area contributed by atoms with Crippen LogP contribution < -0.4 is 0 Å². The van der Waals surface area contributed by atoms with Crippen LogP contribution in [0, 0.1) is 0 Å². The monoisotopic (exact) mass is 181 g/mol. The quantitative estimate of drug-likeness (QED) is 0.646. The van der Waals surface area contributed by atoms with Crippen molar-refractivity contribution in [1.82, 2.24) is 0 Å². The van der Waals surface area contributed by atoms with E-state index in [-0.39, 0.29) is 11.7 Å². The average molecular weight is 181 g/mol. The summed E-state index contributed by atoms with van der Waals surface area (Å²) in [5.41, 5.74) is 0. The van der Waals surface area contributed by atoms with E-state index in [1.807, 2.05) is 11.4 Å². The normalized spacial score (nSPS) is 15.5. The number of ether oxygens (including phenoxy) is 1. The molecule has 0 spiro atoms. The lowest BCUT2D eigenvalue weighted by atomic mass is 10.3. The molecule has 1 aliphatic rings. The van der Waals surface area contributed by atoms with Crippen LogP contribution in [0.2, 0.25) is 0 Å². The summed E-state index contributed by atoms with van der Waals surface area (Å²) in [6, 6.07) is 3.62. The van der Waals surface area contributed by atoms with Crippen LogP contribution in [-0.4, -0.2) is 24.8 Å². The second kappa shape index (κ2) is 3.06. The Kier molecular flexibility index (Phi) is 1.91. The molecule has 0 bridgehead atoms. The van der Waals surface area contributed by atoms with Crippen LogP contribution in [0.25, 0.3) is 0 Å². The zero-order valence-electron chi connectivity index (χ0n) is 6.32. The van der Waals surface area contributed by atoms with Crippen molar-refractivity contribution in [2.24, 2.45) is 4.99 Å². The summed E-state index contributed by atoms with van der Waals surface area (Å²) in [6.07, 6.45) is 0. The fraction of sp³-hybridized carbons (Fsp3) is 0.250. The van der Waals surface area contributed by atoms with Crippen LogP contribution in [-0.2, 0) is 4.74 Å². The molecular formula is C8H7NO2S. The van der Waals surface area contributed by atoms with Gasteiger partial charge >= 0.3 is 0 Å². The summed E-state index contributed by atoms with van der Waals surface area (Å²) in [6.45, 7) is 1.14. The number of carbonyl (C=O) groups is 1. The number of hydrogen-bond donors (Lipinski definition) is 0.